The van der Waals surface area contributed by atoms with E-state index >= 15 is 0 Å². The molecule has 0 aliphatic carbocycles. The van der Waals surface area contributed by atoms with Gasteiger partial charge in [0, 0.05) is 6.04 Å². The molecule has 4 N–H and O–H groups in total. The van der Waals surface area contributed by atoms with E-state index in [0.29, 0.717) is 19.3 Å². The van der Waals surface area contributed by atoms with Crippen LogP contribution in [-0.2, 0) is 4.79 Å². The molecule has 0 saturated heterocycles. The fourth-order valence-corrected chi connectivity index (χ4v) is 0.809. The van der Waals surface area contributed by atoms with Crippen molar-refractivity contribution in [2.75, 3.05) is 0 Å². The molecular weight excluding hydrogens is 161 g/mol. The number of rotatable bonds is 6. The average molecular weight is 174 g/mol. The summed E-state index contributed by atoms with van der Waals surface area (Å²) in [5, 5.41) is 26.9. The van der Waals surface area contributed by atoms with Crippen molar-refractivity contribution in [3.8, 4) is 0 Å². The zero-order chi connectivity index (χ0) is 9.56. The maximum absolute atomic E-state index is 10.1. The normalized spacial score (nSPS) is 12.6. The van der Waals surface area contributed by atoms with Crippen molar-refractivity contribution in [1.82, 2.24) is 0 Å². The molecule has 0 rings (SSSR count). The van der Waals surface area contributed by atoms with Gasteiger partial charge in [0.05, 0.1) is 5.97 Å². The van der Waals surface area contributed by atoms with Gasteiger partial charge in [-0.05, 0) is 12.7 Å². The Bertz CT molecular complexity index is 142. The zero-order valence-electron chi connectivity index (χ0n) is 6.77. The van der Waals surface area contributed by atoms with Gasteiger partial charge in [-0.25, -0.2) is 0 Å². The van der Waals surface area contributed by atoms with Gasteiger partial charge in [-0.3, -0.25) is 0 Å². The molecule has 0 heterocycles. The van der Waals surface area contributed by atoms with Gasteiger partial charge in [0.1, 0.15) is 0 Å². The molecule has 0 aromatic heterocycles. The SMILES string of the molecule is N[C@@H](CCCCB(O)O)C(=O)[O-]. The number of hydrogen-bond acceptors (Lipinski definition) is 5. The summed E-state index contributed by atoms with van der Waals surface area (Å²) < 4.78 is 0. The van der Waals surface area contributed by atoms with Crippen LogP contribution in [0.4, 0.5) is 0 Å². The zero-order valence-corrected chi connectivity index (χ0v) is 6.77. The van der Waals surface area contributed by atoms with Gasteiger partial charge in [-0.2, -0.15) is 0 Å². The summed E-state index contributed by atoms with van der Waals surface area (Å²) in [7, 11) is -1.32. The van der Waals surface area contributed by atoms with Crippen LogP contribution in [0.15, 0.2) is 0 Å². The van der Waals surface area contributed by atoms with E-state index in [1.165, 1.54) is 0 Å². The van der Waals surface area contributed by atoms with Gasteiger partial charge in [-0.1, -0.05) is 12.8 Å². The number of carboxylic acids is 1. The number of carbonyl (C=O) groups is 1. The first kappa shape index (κ1) is 11.4. The Balaban J connectivity index is 3.25. The molecule has 0 bridgehead atoms. The largest absolute Gasteiger partial charge is 0.548 e. The molecule has 0 aromatic rings. The molecule has 6 heteroatoms. The molecule has 0 spiro atoms. The maximum Gasteiger partial charge on any atom is 0.451 e. The molecule has 70 valence electrons. The van der Waals surface area contributed by atoms with Crippen LogP contribution in [0.5, 0.6) is 0 Å². The molecule has 0 saturated carbocycles. The summed E-state index contributed by atoms with van der Waals surface area (Å²) >= 11 is 0. The summed E-state index contributed by atoms with van der Waals surface area (Å²) in [5.74, 6) is -1.26. The summed E-state index contributed by atoms with van der Waals surface area (Å²) in [4.78, 5) is 10.1. The van der Waals surface area contributed by atoms with Crippen LogP contribution in [-0.4, -0.2) is 29.2 Å². The first-order valence-corrected chi connectivity index (χ1v) is 3.86. The van der Waals surface area contributed by atoms with Crippen molar-refractivity contribution in [3.63, 3.8) is 0 Å². The van der Waals surface area contributed by atoms with Crippen molar-refractivity contribution < 1.29 is 19.9 Å². The number of carbonyl (C=O) groups excluding carboxylic acids is 1. The third kappa shape index (κ3) is 6.15. The highest BCUT2D eigenvalue weighted by Gasteiger charge is 2.07. The monoisotopic (exact) mass is 174 g/mol. The van der Waals surface area contributed by atoms with Crippen LogP contribution >= 0.6 is 0 Å². The summed E-state index contributed by atoms with van der Waals surface area (Å²) in [5.41, 5.74) is 5.15. The van der Waals surface area contributed by atoms with Crippen molar-refractivity contribution in [1.29, 1.82) is 0 Å². The lowest BCUT2D eigenvalue weighted by atomic mass is 9.83. The van der Waals surface area contributed by atoms with Crippen LogP contribution < -0.4 is 10.8 Å². The summed E-state index contributed by atoms with van der Waals surface area (Å²) in [6.07, 6.45) is 1.68. The van der Waals surface area contributed by atoms with Crippen LogP contribution in [0.25, 0.3) is 0 Å². The van der Waals surface area contributed by atoms with E-state index in [1.54, 1.807) is 0 Å². The van der Waals surface area contributed by atoms with Crippen LogP contribution in [0, 0.1) is 0 Å². The van der Waals surface area contributed by atoms with Gasteiger partial charge < -0.3 is 25.7 Å². The van der Waals surface area contributed by atoms with E-state index < -0.39 is 19.1 Å². The van der Waals surface area contributed by atoms with Gasteiger partial charge in [0.25, 0.3) is 0 Å². The van der Waals surface area contributed by atoms with E-state index in [0.717, 1.165) is 0 Å². The number of hydrogen-bond donors (Lipinski definition) is 3. The van der Waals surface area contributed by atoms with Gasteiger partial charge >= 0.3 is 7.12 Å². The minimum atomic E-state index is -1.32. The Kier molecular flexibility index (Phi) is 5.70. The van der Waals surface area contributed by atoms with Crippen molar-refractivity contribution in [3.05, 3.63) is 0 Å². The van der Waals surface area contributed by atoms with E-state index in [1.807, 2.05) is 0 Å². The molecule has 0 unspecified atom stereocenters. The first-order chi connectivity index (χ1) is 5.54. The molecule has 0 aliphatic heterocycles. The predicted molar refractivity (Wildman–Crippen MR) is 41.8 cm³/mol. The minimum Gasteiger partial charge on any atom is -0.548 e. The van der Waals surface area contributed by atoms with Crippen molar-refractivity contribution in [2.24, 2.45) is 5.73 Å². The van der Waals surface area contributed by atoms with Crippen LogP contribution in [0.1, 0.15) is 19.3 Å². The summed E-state index contributed by atoms with van der Waals surface area (Å²) in [6, 6.07) is -0.944. The Morgan fingerprint density at radius 3 is 2.50 bits per heavy atom. The van der Waals surface area contributed by atoms with E-state index in [9.17, 15) is 9.90 Å². The third-order valence-electron chi connectivity index (χ3n) is 1.53. The number of unbranched alkanes of at least 4 members (excludes halogenated alkanes) is 1. The molecule has 0 radical (unpaired) electrons. The van der Waals surface area contributed by atoms with Crippen LogP contribution in [0.2, 0.25) is 6.32 Å². The molecule has 1 atom stereocenters. The molecule has 0 amide bonds. The highest BCUT2D eigenvalue weighted by Crippen LogP contribution is 2.03. The fourth-order valence-electron chi connectivity index (χ4n) is 0.809. The smallest absolute Gasteiger partial charge is 0.451 e. The van der Waals surface area contributed by atoms with E-state index in [2.05, 4.69) is 0 Å². The predicted octanol–water partition coefficient (Wildman–Crippen LogP) is -2.29. The molecule has 0 aromatic carbocycles. The molecule has 0 aliphatic rings. The first-order valence-electron chi connectivity index (χ1n) is 3.86. The summed E-state index contributed by atoms with van der Waals surface area (Å²) in [6.45, 7) is 0. The molecule has 0 fully saturated rings. The highest BCUT2D eigenvalue weighted by atomic mass is 16.4. The topological polar surface area (TPSA) is 107 Å². The second-order valence-corrected chi connectivity index (χ2v) is 2.69. The second-order valence-electron chi connectivity index (χ2n) is 2.69. The van der Waals surface area contributed by atoms with Crippen molar-refractivity contribution >= 4 is 13.1 Å². The van der Waals surface area contributed by atoms with Gasteiger partial charge in [-0.15, -0.1) is 0 Å². The third-order valence-corrected chi connectivity index (χ3v) is 1.53. The van der Waals surface area contributed by atoms with Gasteiger partial charge in [0.2, 0.25) is 0 Å². The Hall–Kier alpha value is -0.585. The Morgan fingerprint density at radius 1 is 1.50 bits per heavy atom. The van der Waals surface area contributed by atoms with Crippen molar-refractivity contribution in [2.45, 2.75) is 31.6 Å². The lowest BCUT2D eigenvalue weighted by molar-refractivity contribution is -0.307. The standard InChI is InChI=1S/C6H14BNO4/c8-5(6(9)10)3-1-2-4-7(11)12/h5,11-12H,1-4,8H2,(H,9,10)/p-1/t5-/m0/s1. The molecular formula is C6H13BNO4-. The van der Waals surface area contributed by atoms with E-state index in [4.69, 9.17) is 15.8 Å². The van der Waals surface area contributed by atoms with Gasteiger partial charge in [0.15, 0.2) is 0 Å². The minimum absolute atomic E-state index is 0.250. The lowest BCUT2D eigenvalue weighted by Gasteiger charge is -2.11. The lowest BCUT2D eigenvalue weighted by Crippen LogP contribution is -2.41. The number of aliphatic carboxylic acids is 1. The molecule has 12 heavy (non-hydrogen) atoms. The molecule has 5 nitrogen and oxygen atoms in total. The maximum atomic E-state index is 10.1. The Labute approximate surface area is 71.3 Å². The number of nitrogens with two attached hydrogens (primary N) is 1. The Morgan fingerprint density at radius 2 is 2.08 bits per heavy atom. The quantitative estimate of drug-likeness (QED) is 0.310. The van der Waals surface area contributed by atoms with E-state index in [-0.39, 0.29) is 6.32 Å². The highest BCUT2D eigenvalue weighted by molar-refractivity contribution is 6.40. The second kappa shape index (κ2) is 5.99. The fraction of sp³-hybridized carbons (Fsp3) is 0.833. The number of carboxylic acid groups (broad SMARTS) is 1. The van der Waals surface area contributed by atoms with Crippen LogP contribution in [0.3, 0.4) is 0 Å². The average Bonchev–Trinajstić information content (AvgIpc) is 1.97.